The summed E-state index contributed by atoms with van der Waals surface area (Å²) in [4.78, 5) is 12.7. The summed E-state index contributed by atoms with van der Waals surface area (Å²) in [6.07, 6.45) is 3.04. The second kappa shape index (κ2) is 6.70. The summed E-state index contributed by atoms with van der Waals surface area (Å²) in [7, 11) is 0. The van der Waals surface area contributed by atoms with Crippen LogP contribution in [0.5, 0.6) is 5.75 Å². The second-order valence-corrected chi connectivity index (χ2v) is 7.27. The molecule has 0 aliphatic carbocycles. The maximum absolute atomic E-state index is 12.7. The smallest absolute Gasteiger partial charge is 0.251 e. The molecule has 0 unspecified atom stereocenters. The van der Waals surface area contributed by atoms with E-state index in [9.17, 15) is 4.79 Å². The van der Waals surface area contributed by atoms with E-state index >= 15 is 0 Å². The molecule has 5 rings (SSSR count). The third-order valence-electron chi connectivity index (χ3n) is 5.42. The van der Waals surface area contributed by atoms with Crippen LogP contribution >= 0.6 is 0 Å². The lowest BCUT2D eigenvalue weighted by atomic mass is 10.0. The van der Waals surface area contributed by atoms with Crippen molar-refractivity contribution >= 4 is 16.8 Å². The van der Waals surface area contributed by atoms with Crippen LogP contribution in [0.4, 0.5) is 0 Å². The highest BCUT2D eigenvalue weighted by Gasteiger charge is 2.19. The van der Waals surface area contributed by atoms with Gasteiger partial charge in [0.2, 0.25) is 0 Å². The molecule has 1 amide bonds. The molecular formula is C21H22N4O2. The van der Waals surface area contributed by atoms with E-state index in [2.05, 4.69) is 26.9 Å². The molecule has 1 saturated heterocycles. The summed E-state index contributed by atoms with van der Waals surface area (Å²) in [5.41, 5.74) is 4.72. The highest BCUT2D eigenvalue weighted by molar-refractivity contribution is 6.01. The molecule has 2 aliphatic rings. The van der Waals surface area contributed by atoms with Crippen molar-refractivity contribution in [3.05, 3.63) is 47.5 Å². The highest BCUT2D eigenvalue weighted by Crippen LogP contribution is 2.33. The Labute approximate surface area is 157 Å². The zero-order valence-electron chi connectivity index (χ0n) is 15.0. The topological polar surface area (TPSA) is 79.0 Å². The van der Waals surface area contributed by atoms with Crippen LogP contribution in [0, 0.1) is 0 Å². The van der Waals surface area contributed by atoms with Gasteiger partial charge in [-0.05, 0) is 61.3 Å². The van der Waals surface area contributed by atoms with Gasteiger partial charge in [-0.25, -0.2) is 0 Å². The van der Waals surface area contributed by atoms with Crippen molar-refractivity contribution in [3.8, 4) is 17.0 Å². The molecule has 138 valence electrons. The van der Waals surface area contributed by atoms with Crippen LogP contribution in [0.25, 0.3) is 22.2 Å². The third kappa shape index (κ3) is 3.06. The molecule has 2 aromatic carbocycles. The van der Waals surface area contributed by atoms with Gasteiger partial charge in [-0.3, -0.25) is 9.89 Å². The summed E-state index contributed by atoms with van der Waals surface area (Å²) >= 11 is 0. The van der Waals surface area contributed by atoms with Gasteiger partial charge in [-0.15, -0.1) is 0 Å². The molecular weight excluding hydrogens is 340 g/mol. The van der Waals surface area contributed by atoms with Crippen LogP contribution in [0.15, 0.2) is 36.4 Å². The summed E-state index contributed by atoms with van der Waals surface area (Å²) in [6, 6.07) is 12.1. The minimum absolute atomic E-state index is 0.0277. The van der Waals surface area contributed by atoms with E-state index in [-0.39, 0.29) is 11.9 Å². The van der Waals surface area contributed by atoms with Crippen LogP contribution in [0.3, 0.4) is 0 Å². The van der Waals surface area contributed by atoms with Crippen LogP contribution in [0.2, 0.25) is 0 Å². The Hall–Kier alpha value is -2.86. The molecule has 0 bridgehead atoms. The monoisotopic (exact) mass is 362 g/mol. The molecule has 6 heteroatoms. The van der Waals surface area contributed by atoms with Gasteiger partial charge >= 0.3 is 0 Å². The first-order valence-corrected chi connectivity index (χ1v) is 9.54. The van der Waals surface area contributed by atoms with Gasteiger partial charge in [-0.1, -0.05) is 0 Å². The average molecular weight is 362 g/mol. The number of rotatable bonds is 3. The molecule has 3 heterocycles. The minimum atomic E-state index is -0.0277. The number of aromatic nitrogens is 2. The Morgan fingerprint density at radius 2 is 2.19 bits per heavy atom. The first-order chi connectivity index (χ1) is 13.3. The van der Waals surface area contributed by atoms with Crippen molar-refractivity contribution in [3.63, 3.8) is 0 Å². The quantitative estimate of drug-likeness (QED) is 0.669. The van der Waals surface area contributed by atoms with Crippen molar-refractivity contribution in [2.75, 3.05) is 19.7 Å². The number of nitrogens with one attached hydrogen (secondary N) is 3. The Bertz CT molecular complexity index is 1000. The lowest BCUT2D eigenvalue weighted by Crippen LogP contribution is -2.45. The number of piperidine rings is 1. The Balaban J connectivity index is 1.46. The molecule has 3 N–H and O–H groups in total. The molecule has 6 nitrogen and oxygen atoms in total. The maximum Gasteiger partial charge on any atom is 0.251 e. The largest absolute Gasteiger partial charge is 0.493 e. The van der Waals surface area contributed by atoms with Gasteiger partial charge < -0.3 is 15.4 Å². The molecule has 0 saturated carbocycles. The van der Waals surface area contributed by atoms with E-state index in [4.69, 9.17) is 4.74 Å². The number of nitrogens with zero attached hydrogens (tertiary/aromatic N) is 1. The number of fused-ring (bicyclic) bond motifs is 2. The van der Waals surface area contributed by atoms with Crippen molar-refractivity contribution in [2.24, 2.45) is 0 Å². The van der Waals surface area contributed by atoms with Gasteiger partial charge in [0.15, 0.2) is 0 Å². The van der Waals surface area contributed by atoms with E-state index in [1.807, 2.05) is 30.3 Å². The Morgan fingerprint density at radius 1 is 1.22 bits per heavy atom. The molecule has 1 fully saturated rings. The summed E-state index contributed by atoms with van der Waals surface area (Å²) in [5, 5.41) is 15.0. The predicted octanol–water partition coefficient (Wildman–Crippen LogP) is 2.65. The van der Waals surface area contributed by atoms with Crippen LogP contribution in [-0.2, 0) is 6.42 Å². The lowest BCUT2D eigenvalue weighted by molar-refractivity contribution is 0.0931. The fourth-order valence-electron chi connectivity index (χ4n) is 3.95. The Morgan fingerprint density at radius 3 is 3.07 bits per heavy atom. The molecule has 0 spiro atoms. The van der Waals surface area contributed by atoms with E-state index in [0.717, 1.165) is 66.9 Å². The number of carbonyl (C=O) groups excluding carboxylic acids is 1. The highest BCUT2D eigenvalue weighted by atomic mass is 16.5. The molecule has 0 radical (unpaired) electrons. The van der Waals surface area contributed by atoms with Gasteiger partial charge in [0.25, 0.3) is 5.91 Å². The number of hydrogen-bond acceptors (Lipinski definition) is 4. The standard InChI is InChI=1S/C21H22N4O2/c26-21(23-16-2-1-8-22-12-16)15-3-5-18-17(11-15)20(25-24-18)14-4-6-19-13(10-14)7-9-27-19/h3-6,10-11,16,22H,1-2,7-9,12H2,(H,23,26)(H,24,25)/t16-/m1/s1. The molecule has 1 aromatic heterocycles. The molecule has 1 atom stereocenters. The lowest BCUT2D eigenvalue weighted by Gasteiger charge is -2.23. The maximum atomic E-state index is 12.7. The van der Waals surface area contributed by atoms with Crippen LogP contribution in [-0.4, -0.2) is 41.8 Å². The molecule has 2 aliphatic heterocycles. The van der Waals surface area contributed by atoms with Crippen LogP contribution < -0.4 is 15.4 Å². The van der Waals surface area contributed by atoms with E-state index in [1.54, 1.807) is 0 Å². The first-order valence-electron chi connectivity index (χ1n) is 9.54. The van der Waals surface area contributed by atoms with Crippen LogP contribution in [0.1, 0.15) is 28.8 Å². The number of carbonyl (C=O) groups is 1. The van der Waals surface area contributed by atoms with Gasteiger partial charge in [-0.2, -0.15) is 5.10 Å². The average Bonchev–Trinajstić information content (AvgIpc) is 3.34. The SMILES string of the molecule is O=C(N[C@@H]1CCCNC1)c1ccc2[nH]nc(-c3ccc4c(c3)CCO4)c2c1. The van der Waals surface area contributed by atoms with E-state index < -0.39 is 0 Å². The summed E-state index contributed by atoms with van der Waals surface area (Å²) in [6.45, 7) is 2.60. The summed E-state index contributed by atoms with van der Waals surface area (Å²) < 4.78 is 5.59. The third-order valence-corrected chi connectivity index (χ3v) is 5.42. The number of amides is 1. The minimum Gasteiger partial charge on any atom is -0.493 e. The molecule has 27 heavy (non-hydrogen) atoms. The Kier molecular flexibility index (Phi) is 4.05. The van der Waals surface area contributed by atoms with E-state index in [1.165, 1.54) is 5.56 Å². The number of benzene rings is 2. The van der Waals surface area contributed by atoms with Crippen molar-refractivity contribution in [1.82, 2.24) is 20.8 Å². The normalized spacial score (nSPS) is 18.9. The predicted molar refractivity (Wildman–Crippen MR) is 104 cm³/mol. The number of aromatic amines is 1. The number of ether oxygens (including phenoxy) is 1. The van der Waals surface area contributed by atoms with Crippen molar-refractivity contribution in [2.45, 2.75) is 25.3 Å². The summed E-state index contributed by atoms with van der Waals surface area (Å²) in [5.74, 6) is 0.930. The number of hydrogen-bond donors (Lipinski definition) is 3. The zero-order valence-corrected chi connectivity index (χ0v) is 15.0. The van der Waals surface area contributed by atoms with Gasteiger partial charge in [0, 0.05) is 35.5 Å². The van der Waals surface area contributed by atoms with Gasteiger partial charge in [0.1, 0.15) is 5.75 Å². The van der Waals surface area contributed by atoms with E-state index in [0.29, 0.717) is 5.56 Å². The number of H-pyrrole nitrogens is 1. The van der Waals surface area contributed by atoms with Crippen molar-refractivity contribution < 1.29 is 9.53 Å². The fraction of sp³-hybridized carbons (Fsp3) is 0.333. The fourth-order valence-corrected chi connectivity index (χ4v) is 3.95. The molecule has 3 aromatic rings. The first kappa shape index (κ1) is 16.3. The second-order valence-electron chi connectivity index (χ2n) is 7.27. The van der Waals surface area contributed by atoms with Crippen molar-refractivity contribution in [1.29, 1.82) is 0 Å². The zero-order chi connectivity index (χ0) is 18.2. The van der Waals surface area contributed by atoms with Gasteiger partial charge in [0.05, 0.1) is 17.8 Å².